The first kappa shape index (κ1) is 15.9. The molecule has 0 saturated carbocycles. The van der Waals surface area contributed by atoms with Crippen molar-refractivity contribution in [1.82, 2.24) is 15.3 Å². The monoisotopic (exact) mass is 325 g/mol. The molecule has 5 nitrogen and oxygen atoms in total. The highest BCUT2D eigenvalue weighted by atomic mass is 19.1. The fourth-order valence-electron chi connectivity index (χ4n) is 2.27. The molecule has 2 aromatic heterocycles. The van der Waals surface area contributed by atoms with Gasteiger partial charge in [0, 0.05) is 30.9 Å². The molecule has 0 fully saturated rings. The van der Waals surface area contributed by atoms with Gasteiger partial charge in [0.05, 0.1) is 11.3 Å². The Bertz CT molecular complexity index is 829. The summed E-state index contributed by atoms with van der Waals surface area (Å²) >= 11 is 0. The van der Waals surface area contributed by atoms with Crippen LogP contribution >= 0.6 is 0 Å². The summed E-state index contributed by atoms with van der Waals surface area (Å²) in [6.07, 6.45) is 3.68. The van der Waals surface area contributed by atoms with Crippen molar-refractivity contribution in [2.24, 2.45) is 0 Å². The number of rotatable bonds is 5. The maximum Gasteiger partial charge on any atom is 0.252 e. The number of hydrogen-bond acceptors (Lipinski definition) is 4. The van der Waals surface area contributed by atoms with Crippen LogP contribution in [0, 0.1) is 12.7 Å². The minimum atomic E-state index is -0.305. The topological polar surface area (TPSA) is 68.0 Å². The zero-order valence-electron chi connectivity index (χ0n) is 13.1. The van der Waals surface area contributed by atoms with Crippen LogP contribution in [0.2, 0.25) is 0 Å². The lowest BCUT2D eigenvalue weighted by molar-refractivity contribution is 0.0953. The van der Waals surface area contributed by atoms with Crippen LogP contribution in [0.25, 0.3) is 11.5 Å². The average molecular weight is 325 g/mol. The summed E-state index contributed by atoms with van der Waals surface area (Å²) in [7, 11) is 0. The Morgan fingerprint density at radius 1 is 1.25 bits per heavy atom. The van der Waals surface area contributed by atoms with E-state index in [4.69, 9.17) is 4.42 Å². The summed E-state index contributed by atoms with van der Waals surface area (Å²) in [6, 6.07) is 9.39. The van der Waals surface area contributed by atoms with E-state index in [-0.39, 0.29) is 11.7 Å². The molecule has 0 unspecified atom stereocenters. The van der Waals surface area contributed by atoms with Crippen LogP contribution in [-0.2, 0) is 6.42 Å². The minimum Gasteiger partial charge on any atom is -0.441 e. The van der Waals surface area contributed by atoms with Gasteiger partial charge in [0.25, 0.3) is 5.91 Å². The Balaban J connectivity index is 1.62. The second-order valence-corrected chi connectivity index (χ2v) is 5.28. The molecule has 1 N–H and O–H groups in total. The molecular weight excluding hydrogens is 309 g/mol. The van der Waals surface area contributed by atoms with Crippen molar-refractivity contribution in [3.05, 3.63) is 71.6 Å². The standard InChI is InChI=1S/C18H16FN3O2/c1-12-16(8-10-21-17(23)14-3-2-9-20-11-14)22-18(24-12)13-4-6-15(19)7-5-13/h2-7,9,11H,8,10H2,1H3,(H,21,23). The summed E-state index contributed by atoms with van der Waals surface area (Å²) in [5.41, 5.74) is 1.99. The van der Waals surface area contributed by atoms with E-state index < -0.39 is 0 Å². The lowest BCUT2D eigenvalue weighted by atomic mass is 10.2. The van der Waals surface area contributed by atoms with Gasteiger partial charge in [0.2, 0.25) is 5.89 Å². The van der Waals surface area contributed by atoms with E-state index in [0.29, 0.717) is 35.7 Å². The summed E-state index contributed by atoms with van der Waals surface area (Å²) in [6.45, 7) is 2.25. The molecule has 0 atom stereocenters. The Labute approximate surface area is 138 Å². The molecule has 0 aliphatic heterocycles. The number of benzene rings is 1. The molecule has 3 aromatic rings. The third kappa shape index (κ3) is 3.65. The number of oxazole rings is 1. The maximum absolute atomic E-state index is 13.0. The average Bonchev–Trinajstić information content (AvgIpc) is 2.97. The van der Waals surface area contributed by atoms with Gasteiger partial charge in [-0.2, -0.15) is 0 Å². The van der Waals surface area contributed by atoms with Crippen molar-refractivity contribution >= 4 is 5.91 Å². The smallest absolute Gasteiger partial charge is 0.252 e. The van der Waals surface area contributed by atoms with Gasteiger partial charge in [-0.1, -0.05) is 0 Å². The van der Waals surface area contributed by atoms with Gasteiger partial charge in [0.15, 0.2) is 0 Å². The first-order valence-corrected chi connectivity index (χ1v) is 7.54. The van der Waals surface area contributed by atoms with Gasteiger partial charge in [-0.25, -0.2) is 9.37 Å². The number of aromatic nitrogens is 2. The highest BCUT2D eigenvalue weighted by molar-refractivity contribution is 5.93. The number of hydrogen-bond donors (Lipinski definition) is 1. The molecule has 0 aliphatic rings. The maximum atomic E-state index is 13.0. The van der Waals surface area contributed by atoms with Crippen molar-refractivity contribution in [3.63, 3.8) is 0 Å². The fourth-order valence-corrected chi connectivity index (χ4v) is 2.27. The molecule has 1 amide bonds. The molecule has 3 rings (SSSR count). The van der Waals surface area contributed by atoms with Gasteiger partial charge < -0.3 is 9.73 Å². The van der Waals surface area contributed by atoms with Crippen molar-refractivity contribution < 1.29 is 13.6 Å². The largest absolute Gasteiger partial charge is 0.441 e. The van der Waals surface area contributed by atoms with Gasteiger partial charge >= 0.3 is 0 Å². The molecule has 0 spiro atoms. The van der Waals surface area contributed by atoms with Crippen molar-refractivity contribution in [1.29, 1.82) is 0 Å². The van der Waals surface area contributed by atoms with Gasteiger partial charge in [0.1, 0.15) is 11.6 Å². The van der Waals surface area contributed by atoms with Crippen LogP contribution in [0.4, 0.5) is 4.39 Å². The molecule has 0 bridgehead atoms. The number of halogens is 1. The third-order valence-electron chi connectivity index (χ3n) is 3.55. The van der Waals surface area contributed by atoms with E-state index in [1.54, 1.807) is 30.5 Å². The van der Waals surface area contributed by atoms with Gasteiger partial charge in [-0.05, 0) is 43.3 Å². The molecule has 0 saturated heterocycles. The summed E-state index contributed by atoms with van der Waals surface area (Å²) in [5.74, 6) is 0.648. The number of nitrogens with one attached hydrogen (secondary N) is 1. The highest BCUT2D eigenvalue weighted by Crippen LogP contribution is 2.22. The van der Waals surface area contributed by atoms with E-state index in [9.17, 15) is 9.18 Å². The summed E-state index contributed by atoms with van der Waals surface area (Å²) in [5, 5.41) is 2.82. The Morgan fingerprint density at radius 2 is 2.04 bits per heavy atom. The van der Waals surface area contributed by atoms with Crippen LogP contribution in [0.5, 0.6) is 0 Å². The van der Waals surface area contributed by atoms with Gasteiger partial charge in [-0.15, -0.1) is 0 Å². The van der Waals surface area contributed by atoms with Crippen molar-refractivity contribution in [3.8, 4) is 11.5 Å². The van der Waals surface area contributed by atoms with Crippen LogP contribution < -0.4 is 5.32 Å². The van der Waals surface area contributed by atoms with Crippen molar-refractivity contribution in [2.45, 2.75) is 13.3 Å². The Kier molecular flexibility index (Phi) is 4.65. The van der Waals surface area contributed by atoms with E-state index in [0.717, 1.165) is 5.69 Å². The fraction of sp³-hybridized carbons (Fsp3) is 0.167. The van der Waals surface area contributed by atoms with Crippen LogP contribution in [0.15, 0.2) is 53.2 Å². The minimum absolute atomic E-state index is 0.178. The lowest BCUT2D eigenvalue weighted by Crippen LogP contribution is -2.25. The first-order chi connectivity index (χ1) is 11.6. The van der Waals surface area contributed by atoms with Crippen LogP contribution in [0.1, 0.15) is 21.8 Å². The number of carbonyl (C=O) groups excluding carboxylic acids is 1. The normalized spacial score (nSPS) is 10.6. The van der Waals surface area contributed by atoms with E-state index >= 15 is 0 Å². The predicted octanol–water partition coefficient (Wildman–Crippen LogP) is 3.16. The molecule has 6 heteroatoms. The summed E-state index contributed by atoms with van der Waals surface area (Å²) < 4.78 is 18.6. The second kappa shape index (κ2) is 7.04. The number of amides is 1. The number of nitrogens with zero attached hydrogens (tertiary/aromatic N) is 2. The SMILES string of the molecule is Cc1oc(-c2ccc(F)cc2)nc1CCNC(=O)c1cccnc1. The zero-order chi connectivity index (χ0) is 16.9. The quantitative estimate of drug-likeness (QED) is 0.782. The molecule has 24 heavy (non-hydrogen) atoms. The highest BCUT2D eigenvalue weighted by Gasteiger charge is 2.12. The first-order valence-electron chi connectivity index (χ1n) is 7.54. The number of pyridine rings is 1. The van der Waals surface area contributed by atoms with E-state index in [1.165, 1.54) is 18.3 Å². The molecular formula is C18H16FN3O2. The lowest BCUT2D eigenvalue weighted by Gasteiger charge is -2.03. The van der Waals surface area contributed by atoms with Gasteiger partial charge in [-0.3, -0.25) is 9.78 Å². The molecule has 2 heterocycles. The molecule has 0 radical (unpaired) electrons. The molecule has 0 aliphatic carbocycles. The van der Waals surface area contributed by atoms with Crippen LogP contribution in [0.3, 0.4) is 0 Å². The van der Waals surface area contributed by atoms with Crippen molar-refractivity contribution in [2.75, 3.05) is 6.54 Å². The Morgan fingerprint density at radius 3 is 2.75 bits per heavy atom. The van der Waals surface area contributed by atoms with E-state index in [1.807, 2.05) is 6.92 Å². The molecule has 1 aromatic carbocycles. The molecule has 122 valence electrons. The predicted molar refractivity (Wildman–Crippen MR) is 86.9 cm³/mol. The van der Waals surface area contributed by atoms with E-state index in [2.05, 4.69) is 15.3 Å². The third-order valence-corrected chi connectivity index (χ3v) is 3.55. The summed E-state index contributed by atoms with van der Waals surface area (Å²) in [4.78, 5) is 20.3. The Hall–Kier alpha value is -3.02. The number of aryl methyl sites for hydroxylation is 1. The van der Waals surface area contributed by atoms with Crippen LogP contribution in [-0.4, -0.2) is 22.4 Å². The number of carbonyl (C=O) groups is 1. The second-order valence-electron chi connectivity index (χ2n) is 5.28. The zero-order valence-corrected chi connectivity index (χ0v) is 13.1.